The van der Waals surface area contributed by atoms with Crippen molar-refractivity contribution in [2.24, 2.45) is 11.8 Å². The summed E-state index contributed by atoms with van der Waals surface area (Å²) >= 11 is 0. The van der Waals surface area contributed by atoms with Gasteiger partial charge in [-0.1, -0.05) is 27.7 Å². The molecule has 0 aliphatic rings. The summed E-state index contributed by atoms with van der Waals surface area (Å²) in [6.07, 6.45) is 1.07. The van der Waals surface area contributed by atoms with Crippen LogP contribution in [-0.4, -0.2) is 53.5 Å². The Morgan fingerprint density at radius 3 is 1.96 bits per heavy atom. The average molecular weight is 401 g/mol. The molecule has 0 saturated heterocycles. The van der Waals surface area contributed by atoms with Gasteiger partial charge in [0.15, 0.2) is 5.03 Å². The van der Waals surface area contributed by atoms with Crippen molar-refractivity contribution in [1.82, 2.24) is 15.0 Å². The van der Waals surface area contributed by atoms with Gasteiger partial charge in [0.1, 0.15) is 12.1 Å². The van der Waals surface area contributed by atoms with Gasteiger partial charge in [-0.25, -0.2) is 18.2 Å². The highest BCUT2D eigenvalue weighted by Gasteiger charge is 2.30. The number of hydrogen-bond acceptors (Lipinski definition) is 6. The van der Waals surface area contributed by atoms with Crippen molar-refractivity contribution < 1.29 is 33.0 Å². The second-order valence-electron chi connectivity index (χ2n) is 6.60. The van der Waals surface area contributed by atoms with Gasteiger partial charge < -0.3 is 15.5 Å². The fourth-order valence-electron chi connectivity index (χ4n) is 2.13. The molecule has 10 nitrogen and oxygen atoms in total. The second-order valence-corrected chi connectivity index (χ2v) is 8.26. The molecular formula is C16H23N3O7S. The van der Waals surface area contributed by atoms with E-state index in [1.165, 1.54) is 19.9 Å². The largest absolute Gasteiger partial charge is 0.480 e. The highest BCUT2D eigenvalue weighted by molar-refractivity contribution is 7.89. The predicted octanol–water partition coefficient (Wildman–Crippen LogP) is 0.308. The molecule has 150 valence electrons. The smallest absolute Gasteiger partial charge is 0.326 e. The van der Waals surface area contributed by atoms with E-state index in [2.05, 4.69) is 10.3 Å². The van der Waals surface area contributed by atoms with Crippen molar-refractivity contribution in [2.75, 3.05) is 0 Å². The van der Waals surface area contributed by atoms with Gasteiger partial charge in [0.05, 0.1) is 0 Å². The molecule has 0 aliphatic carbocycles. The Kier molecular flexibility index (Phi) is 7.43. The average Bonchev–Trinajstić information content (AvgIpc) is 2.56. The van der Waals surface area contributed by atoms with Crippen LogP contribution in [0.2, 0.25) is 0 Å². The van der Waals surface area contributed by atoms with Gasteiger partial charge in [0, 0.05) is 11.8 Å². The van der Waals surface area contributed by atoms with Gasteiger partial charge >= 0.3 is 11.9 Å². The first kappa shape index (κ1) is 22.5. The molecule has 1 heterocycles. The molecule has 0 aliphatic heterocycles. The molecule has 0 radical (unpaired) electrons. The highest BCUT2D eigenvalue weighted by atomic mass is 32.2. The molecule has 11 heteroatoms. The number of carbonyl (C=O) groups is 3. The van der Waals surface area contributed by atoms with Gasteiger partial charge in [-0.2, -0.15) is 4.72 Å². The number of aromatic nitrogens is 1. The predicted molar refractivity (Wildman–Crippen MR) is 94.5 cm³/mol. The first-order valence-electron chi connectivity index (χ1n) is 8.11. The minimum absolute atomic E-state index is 0.117. The lowest BCUT2D eigenvalue weighted by Crippen LogP contribution is -2.45. The van der Waals surface area contributed by atoms with Crippen LogP contribution in [0.25, 0.3) is 0 Å². The molecule has 1 amide bonds. The van der Waals surface area contributed by atoms with Gasteiger partial charge in [0.2, 0.25) is 0 Å². The van der Waals surface area contributed by atoms with E-state index in [0.717, 1.165) is 12.3 Å². The number of rotatable bonds is 9. The molecule has 0 fully saturated rings. The first-order chi connectivity index (χ1) is 12.4. The lowest BCUT2D eigenvalue weighted by molar-refractivity contribution is -0.141. The van der Waals surface area contributed by atoms with Crippen LogP contribution in [0.3, 0.4) is 0 Å². The summed E-state index contributed by atoms with van der Waals surface area (Å²) in [4.78, 5) is 38.3. The monoisotopic (exact) mass is 401 g/mol. The van der Waals surface area contributed by atoms with E-state index < -0.39 is 50.9 Å². The Balaban J connectivity index is 3.12. The van der Waals surface area contributed by atoms with E-state index in [1.807, 2.05) is 4.72 Å². The third-order valence-electron chi connectivity index (χ3n) is 3.71. The first-order valence-corrected chi connectivity index (χ1v) is 9.60. The maximum atomic E-state index is 12.4. The number of sulfonamides is 1. The zero-order chi connectivity index (χ0) is 20.9. The van der Waals surface area contributed by atoms with Crippen LogP contribution >= 0.6 is 0 Å². The number of amides is 1. The van der Waals surface area contributed by atoms with Crippen LogP contribution in [0.1, 0.15) is 38.1 Å². The van der Waals surface area contributed by atoms with Gasteiger partial charge in [-0.15, -0.1) is 0 Å². The van der Waals surface area contributed by atoms with Crippen LogP contribution in [-0.2, 0) is 19.6 Å². The summed E-state index contributed by atoms with van der Waals surface area (Å²) in [5.41, 5.74) is -0.117. The molecule has 1 rings (SSSR count). The molecule has 1 aromatic rings. The van der Waals surface area contributed by atoms with Crippen LogP contribution in [0.5, 0.6) is 0 Å². The van der Waals surface area contributed by atoms with E-state index >= 15 is 0 Å². The van der Waals surface area contributed by atoms with Crippen molar-refractivity contribution in [3.63, 3.8) is 0 Å². The van der Waals surface area contributed by atoms with Crippen LogP contribution in [0.4, 0.5) is 0 Å². The highest BCUT2D eigenvalue weighted by Crippen LogP contribution is 2.12. The molecule has 1 aromatic heterocycles. The number of pyridine rings is 1. The lowest BCUT2D eigenvalue weighted by atomic mass is 10.0. The third-order valence-corrected chi connectivity index (χ3v) is 5.04. The zero-order valence-corrected chi connectivity index (χ0v) is 16.1. The van der Waals surface area contributed by atoms with E-state index in [4.69, 9.17) is 10.2 Å². The Labute approximate surface area is 157 Å². The summed E-state index contributed by atoms with van der Waals surface area (Å²) in [5, 5.41) is 20.0. The van der Waals surface area contributed by atoms with Crippen molar-refractivity contribution >= 4 is 27.9 Å². The molecule has 4 N–H and O–H groups in total. The number of hydrogen-bond donors (Lipinski definition) is 4. The van der Waals surface area contributed by atoms with Crippen molar-refractivity contribution in [3.05, 3.63) is 23.9 Å². The number of carboxylic acids is 2. The van der Waals surface area contributed by atoms with Crippen molar-refractivity contribution in [3.8, 4) is 0 Å². The zero-order valence-electron chi connectivity index (χ0n) is 15.3. The molecule has 27 heavy (non-hydrogen) atoms. The standard InChI is InChI=1S/C16H23N3O7S/c1-8(2)12(15(21)22)18-14(20)10-5-6-17-11(7-10)27(25,26)19-13(9(3)4)16(23)24/h5-9,12-13,19H,1-4H3,(H,18,20)(H,21,22)(H,23,24). The summed E-state index contributed by atoms with van der Waals surface area (Å²) in [7, 11) is -4.30. The van der Waals surface area contributed by atoms with Crippen LogP contribution in [0, 0.1) is 11.8 Å². The minimum atomic E-state index is -4.30. The molecule has 0 spiro atoms. The number of nitrogens with one attached hydrogen (secondary N) is 2. The Morgan fingerprint density at radius 1 is 1.00 bits per heavy atom. The van der Waals surface area contributed by atoms with E-state index in [0.29, 0.717) is 0 Å². The lowest BCUT2D eigenvalue weighted by Gasteiger charge is -2.19. The topological polar surface area (TPSA) is 163 Å². The molecular weight excluding hydrogens is 378 g/mol. The fourth-order valence-corrected chi connectivity index (χ4v) is 3.44. The maximum absolute atomic E-state index is 12.4. The van der Waals surface area contributed by atoms with Crippen LogP contribution < -0.4 is 10.0 Å². The summed E-state index contributed by atoms with van der Waals surface area (Å²) in [5.74, 6) is -4.26. The van der Waals surface area contributed by atoms with Crippen molar-refractivity contribution in [2.45, 2.75) is 44.8 Å². The summed E-state index contributed by atoms with van der Waals surface area (Å²) in [6, 6.07) is -0.339. The van der Waals surface area contributed by atoms with E-state index in [1.54, 1.807) is 13.8 Å². The molecule has 0 aromatic carbocycles. The molecule has 0 saturated carbocycles. The summed E-state index contributed by atoms with van der Waals surface area (Å²) in [6.45, 7) is 6.31. The third kappa shape index (κ3) is 6.00. The SMILES string of the molecule is CC(C)C(NC(=O)c1ccnc(S(=O)(=O)NC(C(=O)O)C(C)C)c1)C(=O)O. The maximum Gasteiger partial charge on any atom is 0.326 e. The minimum Gasteiger partial charge on any atom is -0.480 e. The number of nitrogens with zero attached hydrogens (tertiary/aromatic N) is 1. The quantitative estimate of drug-likeness (QED) is 0.459. The Hall–Kier alpha value is -2.53. The molecule has 0 bridgehead atoms. The summed E-state index contributed by atoms with van der Waals surface area (Å²) < 4.78 is 26.8. The molecule has 2 unspecified atom stereocenters. The second kappa shape index (κ2) is 8.91. The fraction of sp³-hybridized carbons (Fsp3) is 0.500. The molecule has 2 atom stereocenters. The van der Waals surface area contributed by atoms with Crippen molar-refractivity contribution in [1.29, 1.82) is 0 Å². The van der Waals surface area contributed by atoms with Crippen LogP contribution in [0.15, 0.2) is 23.4 Å². The van der Waals surface area contributed by atoms with E-state index in [-0.39, 0.29) is 11.5 Å². The Bertz CT molecular complexity index is 821. The number of carboxylic acid groups (broad SMARTS) is 2. The Morgan fingerprint density at radius 2 is 1.52 bits per heavy atom. The van der Waals surface area contributed by atoms with Gasteiger partial charge in [0.25, 0.3) is 15.9 Å². The number of carbonyl (C=O) groups excluding carboxylic acids is 1. The number of aliphatic carboxylic acids is 2. The van der Waals surface area contributed by atoms with E-state index in [9.17, 15) is 22.8 Å². The van der Waals surface area contributed by atoms with Gasteiger partial charge in [-0.05, 0) is 24.0 Å². The normalized spacial score (nSPS) is 14.0. The van der Waals surface area contributed by atoms with Gasteiger partial charge in [-0.3, -0.25) is 9.59 Å².